The molecular weight excluding hydrogens is 588 g/mol. The van der Waals surface area contributed by atoms with Gasteiger partial charge in [0, 0.05) is 35.0 Å². The highest BCUT2D eigenvalue weighted by Crippen LogP contribution is 2.46. The molecule has 1 saturated carbocycles. The Kier molecular flexibility index (Phi) is 9.56. The van der Waals surface area contributed by atoms with E-state index in [1.807, 2.05) is 12.1 Å². The second kappa shape index (κ2) is 13.0. The molecule has 0 aromatic heterocycles. The number of nitrogens with one attached hydrogen (secondary N) is 1. The van der Waals surface area contributed by atoms with Gasteiger partial charge in [-0.15, -0.1) is 13.2 Å². The summed E-state index contributed by atoms with van der Waals surface area (Å²) in [5, 5.41) is 20.9. The van der Waals surface area contributed by atoms with E-state index in [2.05, 4.69) is 28.8 Å². The van der Waals surface area contributed by atoms with Crippen molar-refractivity contribution < 1.29 is 28.2 Å². The summed E-state index contributed by atoms with van der Waals surface area (Å²) in [5.41, 5.74) is 3.07. The fourth-order valence-electron chi connectivity index (χ4n) is 6.93. The molecule has 1 fully saturated rings. The lowest BCUT2D eigenvalue weighted by atomic mass is 9.68. The van der Waals surface area contributed by atoms with Crippen LogP contribution in [0, 0.1) is 17.8 Å². The number of aliphatic hydroxyl groups excluding tert-OH is 2. The van der Waals surface area contributed by atoms with Gasteiger partial charge in [0.15, 0.2) is 0 Å². The zero-order valence-electron chi connectivity index (χ0n) is 24.4. The molecule has 1 heterocycles. The van der Waals surface area contributed by atoms with Crippen LogP contribution in [0.4, 0.5) is 5.69 Å². The van der Waals surface area contributed by atoms with E-state index in [-0.39, 0.29) is 29.4 Å². The van der Waals surface area contributed by atoms with Crippen molar-refractivity contribution in [2.75, 3.05) is 37.0 Å². The van der Waals surface area contributed by atoms with Crippen LogP contribution in [0.2, 0.25) is 5.02 Å². The van der Waals surface area contributed by atoms with Gasteiger partial charge in [-0.1, -0.05) is 29.8 Å². The molecule has 43 heavy (non-hydrogen) atoms. The normalized spacial score (nSPS) is 24.4. The van der Waals surface area contributed by atoms with Crippen LogP contribution >= 0.6 is 11.6 Å². The number of fused-ring (bicyclic) bond motifs is 3. The molecule has 2 aliphatic carbocycles. The molecule has 5 atom stereocenters. The van der Waals surface area contributed by atoms with Crippen LogP contribution in [0.3, 0.4) is 0 Å². The van der Waals surface area contributed by atoms with Gasteiger partial charge in [-0.2, -0.15) is 0 Å². The number of anilines is 1. The third kappa shape index (κ3) is 6.80. The molecule has 8 nitrogen and oxygen atoms in total. The summed E-state index contributed by atoms with van der Waals surface area (Å²) in [6.45, 7) is 8.74. The molecule has 1 spiro atoms. The molecule has 3 N–H and O–H groups in total. The minimum Gasteiger partial charge on any atom is -0.490 e. The highest BCUT2D eigenvalue weighted by molar-refractivity contribution is 7.90. The van der Waals surface area contributed by atoms with Crippen molar-refractivity contribution in [3.8, 4) is 5.75 Å². The number of rotatable bonds is 11. The number of carbonyl (C=O) groups is 1. The minimum absolute atomic E-state index is 0.153. The molecule has 232 valence electrons. The highest BCUT2D eigenvalue weighted by Gasteiger charge is 2.44. The van der Waals surface area contributed by atoms with Gasteiger partial charge < -0.3 is 19.8 Å². The number of amides is 1. The van der Waals surface area contributed by atoms with Crippen LogP contribution in [0.25, 0.3) is 0 Å². The van der Waals surface area contributed by atoms with Gasteiger partial charge in [0.1, 0.15) is 5.75 Å². The summed E-state index contributed by atoms with van der Waals surface area (Å²) in [7, 11) is -4.01. The van der Waals surface area contributed by atoms with Crippen LogP contribution in [0.5, 0.6) is 5.75 Å². The van der Waals surface area contributed by atoms with E-state index in [0.29, 0.717) is 36.9 Å². The second-order valence-electron chi connectivity index (χ2n) is 12.3. The van der Waals surface area contributed by atoms with Crippen LogP contribution in [0.15, 0.2) is 61.7 Å². The fraction of sp³-hybridized carbons (Fsp3) is 0.485. The lowest BCUT2D eigenvalue weighted by Gasteiger charge is -2.45. The molecule has 0 radical (unpaired) electrons. The van der Waals surface area contributed by atoms with E-state index < -0.39 is 33.7 Å². The Labute approximate surface area is 259 Å². The van der Waals surface area contributed by atoms with Crippen LogP contribution < -0.4 is 14.4 Å². The summed E-state index contributed by atoms with van der Waals surface area (Å²) in [5.74, 6) is -0.841. The van der Waals surface area contributed by atoms with Gasteiger partial charge in [0.25, 0.3) is 5.91 Å². The Morgan fingerprint density at radius 3 is 2.74 bits per heavy atom. The first-order chi connectivity index (χ1) is 20.6. The number of sulfonamides is 1. The topological polar surface area (TPSA) is 116 Å². The summed E-state index contributed by atoms with van der Waals surface area (Å²) in [4.78, 5) is 15.5. The number of aryl methyl sites for hydroxylation is 1. The van der Waals surface area contributed by atoms with E-state index in [0.717, 1.165) is 37.8 Å². The number of hydrogen-bond acceptors (Lipinski definition) is 7. The minimum atomic E-state index is -4.01. The Bertz CT molecular complexity index is 1480. The molecule has 3 aliphatic rings. The lowest BCUT2D eigenvalue weighted by Crippen LogP contribution is -2.49. The second-order valence-corrected chi connectivity index (χ2v) is 14.5. The average Bonchev–Trinajstić information content (AvgIpc) is 3.10. The Morgan fingerprint density at radius 1 is 1.23 bits per heavy atom. The van der Waals surface area contributed by atoms with Gasteiger partial charge in [0.05, 0.1) is 30.8 Å². The van der Waals surface area contributed by atoms with E-state index in [1.54, 1.807) is 24.3 Å². The van der Waals surface area contributed by atoms with Gasteiger partial charge in [-0.3, -0.25) is 4.79 Å². The molecule has 2 aromatic carbocycles. The molecule has 0 bridgehead atoms. The molecule has 0 saturated heterocycles. The van der Waals surface area contributed by atoms with Crippen LogP contribution in [-0.4, -0.2) is 62.7 Å². The van der Waals surface area contributed by atoms with Crippen molar-refractivity contribution in [3.63, 3.8) is 0 Å². The van der Waals surface area contributed by atoms with Gasteiger partial charge in [-0.05, 0) is 91.8 Å². The molecule has 0 unspecified atom stereocenters. The smallest absolute Gasteiger partial charge is 0.264 e. The summed E-state index contributed by atoms with van der Waals surface area (Å²) in [6, 6.07) is 11.1. The zero-order chi connectivity index (χ0) is 30.8. The number of ether oxygens (including phenoxy) is 1. The number of halogens is 1. The van der Waals surface area contributed by atoms with Gasteiger partial charge in [0.2, 0.25) is 10.0 Å². The number of carbonyl (C=O) groups excluding carboxylic acids is 1. The number of hydrogen-bond donors (Lipinski definition) is 3. The first kappa shape index (κ1) is 31.6. The Morgan fingerprint density at radius 2 is 2.05 bits per heavy atom. The number of nitrogens with zero attached hydrogens (tertiary/aromatic N) is 1. The van der Waals surface area contributed by atoms with Crippen molar-refractivity contribution in [2.24, 2.45) is 17.8 Å². The predicted molar refractivity (Wildman–Crippen MR) is 169 cm³/mol. The van der Waals surface area contributed by atoms with E-state index >= 15 is 0 Å². The maximum Gasteiger partial charge on any atom is 0.264 e. The monoisotopic (exact) mass is 628 g/mol. The zero-order valence-corrected chi connectivity index (χ0v) is 26.0. The first-order valence-electron chi connectivity index (χ1n) is 15.0. The van der Waals surface area contributed by atoms with Gasteiger partial charge in [-0.25, -0.2) is 13.1 Å². The van der Waals surface area contributed by atoms with Crippen LogP contribution in [0.1, 0.15) is 53.6 Å². The molecule has 10 heteroatoms. The van der Waals surface area contributed by atoms with Crippen molar-refractivity contribution in [1.82, 2.24) is 4.72 Å². The van der Waals surface area contributed by atoms with Crippen molar-refractivity contribution in [1.29, 1.82) is 0 Å². The summed E-state index contributed by atoms with van der Waals surface area (Å²) < 4.78 is 34.0. The molecule has 1 aliphatic heterocycles. The largest absolute Gasteiger partial charge is 0.490 e. The summed E-state index contributed by atoms with van der Waals surface area (Å²) >= 11 is 6.37. The first-order valence-corrected chi connectivity index (χ1v) is 17.0. The number of aliphatic hydroxyl groups is 2. The Hall–Kier alpha value is -2.85. The third-order valence-electron chi connectivity index (χ3n) is 9.38. The fourth-order valence-corrected chi connectivity index (χ4v) is 8.41. The lowest BCUT2D eigenvalue weighted by molar-refractivity contribution is 0.0178. The number of benzene rings is 2. The van der Waals surface area contributed by atoms with Crippen LogP contribution in [-0.2, 0) is 21.9 Å². The Balaban J connectivity index is 1.48. The SMILES string of the molecule is C=CC[C@H](O)[C@@H]1CC[C@H]1CN1C[C@@]2(CCCc3cc(Cl)ccc32)COc2ccc(C(=O)NS(=O)(=O)C[C@H](C=C)CO)cc21. The van der Waals surface area contributed by atoms with Crippen molar-refractivity contribution >= 4 is 33.2 Å². The molecule has 2 aromatic rings. The maximum absolute atomic E-state index is 13.2. The maximum atomic E-state index is 13.2. The van der Waals surface area contributed by atoms with E-state index in [9.17, 15) is 23.4 Å². The average molecular weight is 629 g/mol. The van der Waals surface area contributed by atoms with E-state index in [4.69, 9.17) is 16.3 Å². The van der Waals surface area contributed by atoms with Crippen molar-refractivity contribution in [3.05, 3.63) is 83.4 Å². The predicted octanol–water partition coefficient (Wildman–Crippen LogP) is 4.63. The standard InChI is InChI=1S/C33H41ClN2O6S/c1-3-6-30(38)27-11-8-25(27)17-36-20-33(14-5-7-23-15-26(34)10-12-28(23)33)21-42-31-13-9-24(16-29(31)36)32(39)35-43(40,41)19-22(4-2)18-37/h3-4,9-10,12-13,15-16,22,25,27,30,37-38H,1-2,5-8,11,14,17-21H2,(H,35,39)/t22-,25+,27-,30+,33+/m1/s1. The molecular formula is C33H41ClN2O6S. The third-order valence-corrected chi connectivity index (χ3v) is 11.0. The van der Waals surface area contributed by atoms with Gasteiger partial charge >= 0.3 is 0 Å². The van der Waals surface area contributed by atoms with Crippen molar-refractivity contribution in [2.45, 2.75) is 50.0 Å². The van der Waals surface area contributed by atoms with E-state index in [1.165, 1.54) is 17.2 Å². The highest BCUT2D eigenvalue weighted by atomic mass is 35.5. The molecule has 5 rings (SSSR count). The summed E-state index contributed by atoms with van der Waals surface area (Å²) in [6.07, 6.45) is 8.01. The quantitative estimate of drug-likeness (QED) is 0.311. The molecule has 1 amide bonds.